The third-order valence-corrected chi connectivity index (χ3v) is 8.76. The molecule has 2 saturated heterocycles. The van der Waals surface area contributed by atoms with E-state index < -0.39 is 12.0 Å². The maximum atomic E-state index is 15.0. The van der Waals surface area contributed by atoms with Gasteiger partial charge < -0.3 is 10.0 Å². The number of nitrogens with zero attached hydrogens (tertiary/aromatic N) is 3. The lowest BCUT2D eigenvalue weighted by atomic mass is 9.87. The molecule has 2 aromatic carbocycles. The number of carboxylic acids is 1. The van der Waals surface area contributed by atoms with Crippen LogP contribution >= 0.6 is 11.6 Å². The van der Waals surface area contributed by atoms with Gasteiger partial charge in [0.15, 0.2) is 0 Å². The van der Waals surface area contributed by atoms with E-state index in [-0.39, 0.29) is 35.1 Å². The van der Waals surface area contributed by atoms with Crippen molar-refractivity contribution in [1.82, 2.24) is 14.7 Å². The van der Waals surface area contributed by atoms with E-state index in [0.717, 1.165) is 16.7 Å². The molecule has 2 aliphatic heterocycles. The highest BCUT2D eigenvalue weighted by Crippen LogP contribution is 2.39. The Morgan fingerprint density at radius 2 is 1.79 bits per heavy atom. The molecule has 0 saturated carbocycles. The Labute approximate surface area is 236 Å². The first-order valence-corrected chi connectivity index (χ1v) is 14.2. The van der Waals surface area contributed by atoms with Crippen LogP contribution in [0.15, 0.2) is 36.4 Å². The van der Waals surface area contributed by atoms with Crippen molar-refractivity contribution >= 4 is 23.5 Å². The molecule has 0 aliphatic carbocycles. The number of hydrogen-bond donors (Lipinski definition) is 1. The van der Waals surface area contributed by atoms with Gasteiger partial charge in [0.2, 0.25) is 5.91 Å². The van der Waals surface area contributed by atoms with Gasteiger partial charge in [-0.3, -0.25) is 19.4 Å². The van der Waals surface area contributed by atoms with Gasteiger partial charge in [-0.2, -0.15) is 0 Å². The summed E-state index contributed by atoms with van der Waals surface area (Å²) in [5.41, 5.74) is 3.63. The van der Waals surface area contributed by atoms with Gasteiger partial charge in [0.05, 0.1) is 5.92 Å². The van der Waals surface area contributed by atoms with Gasteiger partial charge in [-0.15, -0.1) is 0 Å². The summed E-state index contributed by atoms with van der Waals surface area (Å²) in [4.78, 5) is 32.5. The van der Waals surface area contributed by atoms with Crippen LogP contribution in [0.2, 0.25) is 5.02 Å². The van der Waals surface area contributed by atoms with E-state index in [9.17, 15) is 14.7 Å². The van der Waals surface area contributed by atoms with E-state index in [1.807, 2.05) is 42.7 Å². The molecule has 4 atom stereocenters. The largest absolute Gasteiger partial charge is 0.480 e. The molecule has 2 aromatic rings. The van der Waals surface area contributed by atoms with Crippen molar-refractivity contribution in [3.63, 3.8) is 0 Å². The third-order valence-electron chi connectivity index (χ3n) is 8.53. The number of hydrogen-bond acceptors (Lipinski definition) is 4. The molecule has 2 heterocycles. The molecule has 2 aliphatic rings. The smallest absolute Gasteiger partial charge is 0.321 e. The van der Waals surface area contributed by atoms with Crippen molar-refractivity contribution in [1.29, 1.82) is 0 Å². The van der Waals surface area contributed by atoms with Crippen LogP contribution in [0.1, 0.15) is 55.9 Å². The van der Waals surface area contributed by atoms with Gasteiger partial charge in [-0.05, 0) is 76.8 Å². The Morgan fingerprint density at radius 3 is 2.38 bits per heavy atom. The molecule has 2 fully saturated rings. The zero-order chi connectivity index (χ0) is 28.6. The van der Waals surface area contributed by atoms with Crippen LogP contribution in [-0.4, -0.2) is 82.0 Å². The predicted octanol–water partition coefficient (Wildman–Crippen LogP) is 5.14. The highest BCUT2D eigenvalue weighted by atomic mass is 35.5. The van der Waals surface area contributed by atoms with E-state index in [2.05, 4.69) is 31.7 Å². The second-order valence-corrected chi connectivity index (χ2v) is 12.8. The zero-order valence-electron chi connectivity index (χ0n) is 23.9. The quantitative estimate of drug-likeness (QED) is 0.533. The molecule has 1 N–H and O–H groups in total. The molecule has 0 radical (unpaired) electrons. The normalized spacial score (nSPS) is 23.7. The number of carboxylic acid groups (broad SMARTS) is 1. The average molecular weight is 558 g/mol. The molecule has 0 spiro atoms. The summed E-state index contributed by atoms with van der Waals surface area (Å²) < 4.78 is 15.0. The minimum atomic E-state index is -0.850. The Kier molecular flexibility index (Phi) is 8.74. The molecular weight excluding hydrogens is 517 g/mol. The zero-order valence-corrected chi connectivity index (χ0v) is 24.6. The Hall–Kier alpha value is -2.48. The van der Waals surface area contributed by atoms with Crippen LogP contribution in [-0.2, 0) is 16.0 Å². The Bertz CT molecular complexity index is 1230. The van der Waals surface area contributed by atoms with Gasteiger partial charge >= 0.3 is 5.97 Å². The summed E-state index contributed by atoms with van der Waals surface area (Å²) >= 11 is 6.02. The number of aliphatic carboxylic acids is 1. The van der Waals surface area contributed by atoms with Crippen molar-refractivity contribution in [2.45, 2.75) is 71.5 Å². The number of aryl methyl sites for hydroxylation is 2. The van der Waals surface area contributed by atoms with E-state index in [1.54, 1.807) is 12.1 Å². The van der Waals surface area contributed by atoms with Crippen LogP contribution in [0.3, 0.4) is 0 Å². The van der Waals surface area contributed by atoms with E-state index in [1.165, 1.54) is 6.07 Å². The number of benzene rings is 2. The second kappa shape index (κ2) is 11.6. The maximum absolute atomic E-state index is 15.0. The van der Waals surface area contributed by atoms with Gasteiger partial charge in [0.1, 0.15) is 11.9 Å². The monoisotopic (exact) mass is 557 g/mol. The molecule has 0 aromatic heterocycles. The molecule has 4 rings (SSSR count). The van der Waals surface area contributed by atoms with Gasteiger partial charge in [-0.25, -0.2) is 4.39 Å². The van der Waals surface area contributed by atoms with Gasteiger partial charge in [-0.1, -0.05) is 41.4 Å². The lowest BCUT2D eigenvalue weighted by molar-refractivity contribution is -0.147. The first kappa shape index (κ1) is 29.5. The van der Waals surface area contributed by atoms with Crippen LogP contribution < -0.4 is 0 Å². The minimum absolute atomic E-state index is 0.00880. The summed E-state index contributed by atoms with van der Waals surface area (Å²) in [6.07, 6.45) is 0.420. The van der Waals surface area contributed by atoms with Crippen LogP contribution in [0.25, 0.3) is 0 Å². The second-order valence-electron chi connectivity index (χ2n) is 12.3. The van der Waals surface area contributed by atoms with Crippen LogP contribution in [0.4, 0.5) is 4.39 Å². The van der Waals surface area contributed by atoms with Gasteiger partial charge in [0.25, 0.3) is 0 Å². The number of likely N-dealkylation sites (tertiary alicyclic amines) is 1. The Morgan fingerprint density at radius 1 is 1.08 bits per heavy atom. The summed E-state index contributed by atoms with van der Waals surface area (Å²) in [5, 5.41) is 10.4. The molecular formula is C31H41ClFN3O3. The minimum Gasteiger partial charge on any atom is -0.480 e. The lowest BCUT2D eigenvalue weighted by Gasteiger charge is -2.43. The van der Waals surface area contributed by atoms with Crippen molar-refractivity contribution in [2.75, 3.05) is 32.7 Å². The van der Waals surface area contributed by atoms with E-state index >= 15 is 4.39 Å². The number of rotatable bonds is 6. The number of amides is 1. The van der Waals surface area contributed by atoms with Crippen molar-refractivity contribution < 1.29 is 19.1 Å². The molecule has 212 valence electrons. The predicted molar refractivity (Wildman–Crippen MR) is 153 cm³/mol. The fourth-order valence-corrected chi connectivity index (χ4v) is 6.34. The average Bonchev–Trinajstić information content (AvgIpc) is 3.29. The van der Waals surface area contributed by atoms with E-state index in [0.29, 0.717) is 49.7 Å². The third kappa shape index (κ3) is 6.47. The summed E-state index contributed by atoms with van der Waals surface area (Å²) in [7, 11) is 0. The van der Waals surface area contributed by atoms with Gasteiger partial charge in [0, 0.05) is 55.2 Å². The number of carbonyl (C=O) groups is 2. The molecule has 0 bridgehead atoms. The summed E-state index contributed by atoms with van der Waals surface area (Å²) in [6, 6.07) is 10.0. The van der Waals surface area contributed by atoms with Crippen LogP contribution in [0, 0.1) is 25.6 Å². The summed E-state index contributed by atoms with van der Waals surface area (Å²) in [6.45, 7) is 14.9. The molecule has 1 amide bonds. The van der Waals surface area contributed by atoms with Crippen LogP contribution in [0.5, 0.6) is 0 Å². The highest BCUT2D eigenvalue weighted by Gasteiger charge is 2.46. The van der Waals surface area contributed by atoms with Crippen molar-refractivity contribution in [3.05, 3.63) is 69.5 Å². The Balaban J connectivity index is 1.52. The topological polar surface area (TPSA) is 64.1 Å². The number of carbonyl (C=O) groups excluding carboxylic acids is 1. The van der Waals surface area contributed by atoms with Crippen molar-refractivity contribution in [2.24, 2.45) is 5.92 Å². The first-order chi connectivity index (χ1) is 18.3. The molecule has 0 unspecified atom stereocenters. The summed E-state index contributed by atoms with van der Waals surface area (Å²) in [5.74, 6) is -1.89. The molecule has 6 nitrogen and oxygen atoms in total. The molecule has 8 heteroatoms. The fraction of sp³-hybridized carbons (Fsp3) is 0.548. The standard InChI is InChI=1S/C31H41ClFN3O3/c1-19-7-8-22(20(2)13-19)14-28(30(38)39)34-11-12-36(21(3)16-34)29(37)26-18-35(31(4,5)6)17-25(26)24-10-9-23(32)15-27(24)33/h7-10,13,15,21,25-26,28H,11-12,14,16-18H2,1-6H3,(H,38,39)/t21-,25-,26+,28-/m0/s1. The first-order valence-electron chi connectivity index (χ1n) is 13.8. The fourth-order valence-electron chi connectivity index (χ4n) is 6.18. The maximum Gasteiger partial charge on any atom is 0.321 e. The number of halogens is 2. The van der Waals surface area contributed by atoms with Crippen molar-refractivity contribution in [3.8, 4) is 0 Å². The van der Waals surface area contributed by atoms with E-state index in [4.69, 9.17) is 11.6 Å². The SMILES string of the molecule is Cc1ccc(C[C@@H](C(=O)O)N2CCN(C(=O)[C@@H]3CN(C(C)(C)C)C[C@H]3c3ccc(Cl)cc3F)[C@@H](C)C2)c(C)c1. The number of piperazine rings is 1. The highest BCUT2D eigenvalue weighted by molar-refractivity contribution is 6.30. The molecule has 39 heavy (non-hydrogen) atoms. The lowest BCUT2D eigenvalue weighted by Crippen LogP contribution is -2.59.